The summed E-state index contributed by atoms with van der Waals surface area (Å²) in [4.78, 5) is 16.4. The highest BCUT2D eigenvalue weighted by Gasteiger charge is 2.10. The molecule has 0 aliphatic rings. The SMILES string of the molecule is COCCN(CCO)c1ccnc(C(=O)O)c1. The number of nitrogens with zero attached hydrogens (tertiary/aromatic N) is 2. The van der Waals surface area contributed by atoms with Crippen LogP contribution in [0.5, 0.6) is 0 Å². The highest BCUT2D eigenvalue weighted by Crippen LogP contribution is 2.14. The minimum atomic E-state index is -1.07. The number of aliphatic hydroxyl groups excluding tert-OH is 1. The third-order valence-electron chi connectivity index (χ3n) is 2.26. The Morgan fingerprint density at radius 2 is 2.29 bits per heavy atom. The Labute approximate surface area is 99.5 Å². The van der Waals surface area contributed by atoms with E-state index in [0.29, 0.717) is 25.4 Å². The summed E-state index contributed by atoms with van der Waals surface area (Å²) in [7, 11) is 1.59. The molecule has 0 saturated carbocycles. The molecule has 1 heterocycles. The minimum absolute atomic E-state index is 0.00551. The Bertz CT molecular complexity index is 370. The van der Waals surface area contributed by atoms with Crippen LogP contribution >= 0.6 is 0 Å². The monoisotopic (exact) mass is 240 g/mol. The number of aromatic nitrogens is 1. The van der Waals surface area contributed by atoms with E-state index < -0.39 is 5.97 Å². The van der Waals surface area contributed by atoms with Gasteiger partial charge in [-0.1, -0.05) is 0 Å². The molecule has 0 atom stereocenters. The van der Waals surface area contributed by atoms with Gasteiger partial charge in [0.15, 0.2) is 0 Å². The molecule has 0 bridgehead atoms. The van der Waals surface area contributed by atoms with Crippen LogP contribution in [0.15, 0.2) is 18.3 Å². The third-order valence-corrected chi connectivity index (χ3v) is 2.26. The first-order valence-corrected chi connectivity index (χ1v) is 5.23. The number of carbonyl (C=O) groups is 1. The number of hydrogen-bond donors (Lipinski definition) is 2. The van der Waals surface area contributed by atoms with Gasteiger partial charge in [0.25, 0.3) is 0 Å². The fourth-order valence-corrected chi connectivity index (χ4v) is 1.43. The molecule has 0 saturated heterocycles. The molecule has 17 heavy (non-hydrogen) atoms. The summed E-state index contributed by atoms with van der Waals surface area (Å²) >= 11 is 0. The first-order valence-electron chi connectivity index (χ1n) is 5.23. The van der Waals surface area contributed by atoms with E-state index >= 15 is 0 Å². The van der Waals surface area contributed by atoms with Crippen LogP contribution in [-0.2, 0) is 4.74 Å². The Morgan fingerprint density at radius 3 is 2.88 bits per heavy atom. The van der Waals surface area contributed by atoms with Crippen molar-refractivity contribution in [3.05, 3.63) is 24.0 Å². The summed E-state index contributed by atoms with van der Waals surface area (Å²) in [5.74, 6) is -1.07. The van der Waals surface area contributed by atoms with Gasteiger partial charge in [-0.25, -0.2) is 9.78 Å². The van der Waals surface area contributed by atoms with E-state index in [9.17, 15) is 4.79 Å². The first-order chi connectivity index (χ1) is 8.19. The van der Waals surface area contributed by atoms with Crippen LogP contribution in [0.2, 0.25) is 0 Å². The van der Waals surface area contributed by atoms with Crippen LogP contribution in [0.1, 0.15) is 10.5 Å². The number of methoxy groups -OCH3 is 1. The number of carboxylic acids is 1. The molecule has 0 spiro atoms. The maximum absolute atomic E-state index is 10.8. The van der Waals surface area contributed by atoms with Crippen molar-refractivity contribution in [2.75, 3.05) is 38.3 Å². The number of aliphatic hydroxyl groups is 1. The van der Waals surface area contributed by atoms with Crippen molar-refractivity contribution in [1.29, 1.82) is 0 Å². The van der Waals surface area contributed by atoms with Crippen molar-refractivity contribution in [3.63, 3.8) is 0 Å². The normalized spacial score (nSPS) is 10.2. The molecular weight excluding hydrogens is 224 g/mol. The average molecular weight is 240 g/mol. The molecular formula is C11H16N2O4. The van der Waals surface area contributed by atoms with E-state index in [4.69, 9.17) is 14.9 Å². The molecule has 94 valence electrons. The van der Waals surface area contributed by atoms with Crippen LogP contribution in [0.3, 0.4) is 0 Å². The fourth-order valence-electron chi connectivity index (χ4n) is 1.43. The number of aromatic carboxylic acids is 1. The second-order valence-corrected chi connectivity index (χ2v) is 3.41. The predicted octanol–water partition coefficient (Wildman–Crippen LogP) is 0.225. The van der Waals surface area contributed by atoms with Gasteiger partial charge in [0.1, 0.15) is 5.69 Å². The quantitative estimate of drug-likeness (QED) is 0.709. The average Bonchev–Trinajstić information content (AvgIpc) is 2.34. The Balaban J connectivity index is 2.84. The zero-order valence-corrected chi connectivity index (χ0v) is 9.67. The standard InChI is InChI=1S/C11H16N2O4/c1-17-7-5-13(4-6-14)9-2-3-12-10(8-9)11(15)16/h2-3,8,14H,4-7H2,1H3,(H,15,16). The van der Waals surface area contributed by atoms with Crippen LogP contribution in [-0.4, -0.2) is 54.6 Å². The van der Waals surface area contributed by atoms with Gasteiger partial charge in [-0.05, 0) is 12.1 Å². The zero-order valence-electron chi connectivity index (χ0n) is 9.67. The van der Waals surface area contributed by atoms with Crippen molar-refractivity contribution >= 4 is 11.7 Å². The lowest BCUT2D eigenvalue weighted by molar-refractivity contribution is 0.0690. The van der Waals surface area contributed by atoms with Crippen molar-refractivity contribution in [1.82, 2.24) is 4.98 Å². The third kappa shape index (κ3) is 4.01. The van der Waals surface area contributed by atoms with Crippen molar-refractivity contribution in [2.24, 2.45) is 0 Å². The van der Waals surface area contributed by atoms with Gasteiger partial charge in [-0.15, -0.1) is 0 Å². The Hall–Kier alpha value is -1.66. The van der Waals surface area contributed by atoms with Crippen molar-refractivity contribution in [2.45, 2.75) is 0 Å². The molecule has 0 radical (unpaired) electrons. The predicted molar refractivity (Wildman–Crippen MR) is 62.4 cm³/mol. The molecule has 2 N–H and O–H groups in total. The molecule has 0 aliphatic carbocycles. The van der Waals surface area contributed by atoms with E-state index in [1.54, 1.807) is 13.2 Å². The fraction of sp³-hybridized carbons (Fsp3) is 0.455. The summed E-state index contributed by atoms with van der Waals surface area (Å²) in [5.41, 5.74) is 0.700. The second kappa shape index (κ2) is 6.82. The number of pyridine rings is 1. The van der Waals surface area contributed by atoms with Crippen LogP contribution < -0.4 is 4.90 Å². The van der Waals surface area contributed by atoms with Gasteiger partial charge in [0.05, 0.1) is 13.2 Å². The number of anilines is 1. The number of ether oxygens (including phenoxy) is 1. The number of rotatable bonds is 7. The zero-order chi connectivity index (χ0) is 12.7. The molecule has 1 aromatic rings. The van der Waals surface area contributed by atoms with Crippen molar-refractivity contribution in [3.8, 4) is 0 Å². The van der Waals surface area contributed by atoms with Gasteiger partial charge in [0.2, 0.25) is 0 Å². The summed E-state index contributed by atoms with van der Waals surface area (Å²) in [6, 6.07) is 3.19. The lowest BCUT2D eigenvalue weighted by Crippen LogP contribution is -2.30. The summed E-state index contributed by atoms with van der Waals surface area (Å²) in [6.07, 6.45) is 1.44. The van der Waals surface area contributed by atoms with Gasteiger partial charge in [-0.3, -0.25) is 0 Å². The first kappa shape index (κ1) is 13.4. The van der Waals surface area contributed by atoms with E-state index in [0.717, 1.165) is 0 Å². The molecule has 0 unspecified atom stereocenters. The molecule has 0 aliphatic heterocycles. The van der Waals surface area contributed by atoms with E-state index in [2.05, 4.69) is 4.98 Å². The lowest BCUT2D eigenvalue weighted by Gasteiger charge is -2.23. The highest BCUT2D eigenvalue weighted by molar-refractivity contribution is 5.86. The molecule has 0 aromatic carbocycles. The van der Waals surface area contributed by atoms with Gasteiger partial charge in [0, 0.05) is 32.1 Å². The van der Waals surface area contributed by atoms with E-state index in [1.807, 2.05) is 4.90 Å². The maximum atomic E-state index is 10.8. The van der Waals surface area contributed by atoms with E-state index in [-0.39, 0.29) is 12.3 Å². The maximum Gasteiger partial charge on any atom is 0.354 e. The molecule has 0 amide bonds. The highest BCUT2D eigenvalue weighted by atomic mass is 16.5. The van der Waals surface area contributed by atoms with Gasteiger partial charge < -0.3 is 19.8 Å². The lowest BCUT2D eigenvalue weighted by atomic mass is 10.3. The Kier molecular flexibility index (Phi) is 5.38. The molecule has 1 aromatic heterocycles. The van der Waals surface area contributed by atoms with Crippen LogP contribution in [0.25, 0.3) is 0 Å². The smallest absolute Gasteiger partial charge is 0.354 e. The molecule has 6 heteroatoms. The van der Waals surface area contributed by atoms with Crippen LogP contribution in [0, 0.1) is 0 Å². The largest absolute Gasteiger partial charge is 0.477 e. The van der Waals surface area contributed by atoms with Gasteiger partial charge in [-0.2, -0.15) is 0 Å². The van der Waals surface area contributed by atoms with Crippen molar-refractivity contribution < 1.29 is 19.7 Å². The number of carboxylic acid groups (broad SMARTS) is 1. The minimum Gasteiger partial charge on any atom is -0.477 e. The van der Waals surface area contributed by atoms with E-state index in [1.165, 1.54) is 12.3 Å². The number of hydrogen-bond acceptors (Lipinski definition) is 5. The summed E-state index contributed by atoms with van der Waals surface area (Å²) in [5, 5.41) is 17.8. The molecule has 0 fully saturated rings. The van der Waals surface area contributed by atoms with Crippen LogP contribution in [0.4, 0.5) is 5.69 Å². The second-order valence-electron chi connectivity index (χ2n) is 3.41. The Morgan fingerprint density at radius 1 is 1.53 bits per heavy atom. The topological polar surface area (TPSA) is 82.9 Å². The summed E-state index contributed by atoms with van der Waals surface area (Å²) in [6.45, 7) is 1.51. The molecule has 1 rings (SSSR count). The summed E-state index contributed by atoms with van der Waals surface area (Å²) < 4.78 is 4.96. The molecule has 6 nitrogen and oxygen atoms in total. The van der Waals surface area contributed by atoms with Gasteiger partial charge >= 0.3 is 5.97 Å².